The van der Waals surface area contributed by atoms with Gasteiger partial charge in [-0.15, -0.1) is 0 Å². The summed E-state index contributed by atoms with van der Waals surface area (Å²) in [6.07, 6.45) is 1.89. The fraction of sp³-hybridized carbons (Fsp3) is 0.391. The van der Waals surface area contributed by atoms with Gasteiger partial charge in [0.05, 0.1) is 35.8 Å². The summed E-state index contributed by atoms with van der Waals surface area (Å²) in [7, 11) is 0. The van der Waals surface area contributed by atoms with Crippen molar-refractivity contribution < 1.29 is 14.8 Å². The van der Waals surface area contributed by atoms with Crippen LogP contribution in [0.1, 0.15) is 18.9 Å². The maximum absolute atomic E-state index is 9.43. The Morgan fingerprint density at radius 3 is 2.76 bits per heavy atom. The van der Waals surface area contributed by atoms with E-state index in [0.29, 0.717) is 37.7 Å². The number of nitrogens with one attached hydrogen (secondary N) is 2. The number of anilines is 2. The molecule has 0 bridgehead atoms. The summed E-state index contributed by atoms with van der Waals surface area (Å²) >= 11 is 0. The Hall–Kier alpha value is -3.54. The average Bonchev–Trinajstić information content (AvgIpc) is 3.44. The third kappa shape index (κ3) is 4.86. The molecule has 0 fully saturated rings. The molecule has 0 aliphatic heterocycles. The highest BCUT2D eigenvalue weighted by molar-refractivity contribution is 5.99. The highest BCUT2D eigenvalue weighted by Gasteiger charge is 2.23. The van der Waals surface area contributed by atoms with Crippen molar-refractivity contribution in [3.05, 3.63) is 36.0 Å². The Kier molecular flexibility index (Phi) is 7.36. The Morgan fingerprint density at radius 2 is 2.06 bits per heavy atom. The molecule has 3 aromatic heterocycles. The summed E-state index contributed by atoms with van der Waals surface area (Å²) in [6.45, 7) is 6.18. The molecule has 0 unspecified atom stereocenters. The lowest BCUT2D eigenvalue weighted by Gasteiger charge is -2.13. The van der Waals surface area contributed by atoms with E-state index in [1.165, 1.54) is 0 Å². The van der Waals surface area contributed by atoms with Gasteiger partial charge in [0.1, 0.15) is 5.52 Å². The number of nitrogens with two attached hydrogens (primary N) is 1. The Balaban J connectivity index is 1.70. The van der Waals surface area contributed by atoms with E-state index in [-0.39, 0.29) is 12.4 Å². The van der Waals surface area contributed by atoms with Crippen LogP contribution in [0, 0.1) is 6.92 Å². The number of imidazole rings is 1. The second-order valence-electron chi connectivity index (χ2n) is 8.09. The van der Waals surface area contributed by atoms with Crippen molar-refractivity contribution in [3.63, 3.8) is 0 Å². The van der Waals surface area contributed by atoms with E-state index in [2.05, 4.69) is 27.0 Å². The molecular formula is C23H30N8O3. The molecule has 0 amide bonds. The average molecular weight is 467 g/mol. The number of aliphatic hydroxyl groups is 2. The van der Waals surface area contributed by atoms with Crippen molar-refractivity contribution in [1.82, 2.24) is 30.2 Å². The van der Waals surface area contributed by atoms with Gasteiger partial charge in [-0.3, -0.25) is 4.98 Å². The zero-order valence-electron chi connectivity index (χ0n) is 19.3. The summed E-state index contributed by atoms with van der Waals surface area (Å²) in [5.74, 6) is 0.751. The van der Waals surface area contributed by atoms with Crippen molar-refractivity contribution in [2.75, 3.05) is 37.3 Å². The van der Waals surface area contributed by atoms with Crippen LogP contribution < -0.4 is 16.4 Å². The SMILES string of the molecule is CCn1c(-c2nonc2N)nc2c(-c3cccc(C)c3)ncc(NCCCNC[C@H](O)CO)c21. The summed E-state index contributed by atoms with van der Waals surface area (Å²) in [4.78, 5) is 9.65. The first kappa shape index (κ1) is 23.6. The quantitative estimate of drug-likeness (QED) is 0.206. The lowest BCUT2D eigenvalue weighted by Crippen LogP contribution is -2.30. The van der Waals surface area contributed by atoms with Gasteiger partial charge in [-0.05, 0) is 43.2 Å². The molecule has 180 valence electrons. The molecule has 34 heavy (non-hydrogen) atoms. The normalized spacial score (nSPS) is 12.4. The largest absolute Gasteiger partial charge is 0.394 e. The second-order valence-corrected chi connectivity index (χ2v) is 8.09. The molecule has 6 N–H and O–H groups in total. The number of pyridine rings is 1. The predicted octanol–water partition coefficient (Wildman–Crippen LogP) is 1.80. The van der Waals surface area contributed by atoms with Crippen LogP contribution in [0.3, 0.4) is 0 Å². The van der Waals surface area contributed by atoms with Crippen molar-refractivity contribution in [2.24, 2.45) is 0 Å². The van der Waals surface area contributed by atoms with Crippen molar-refractivity contribution in [3.8, 4) is 22.8 Å². The molecule has 1 aromatic carbocycles. The van der Waals surface area contributed by atoms with Crippen LogP contribution in [0.25, 0.3) is 33.8 Å². The van der Waals surface area contributed by atoms with Gasteiger partial charge in [-0.1, -0.05) is 23.8 Å². The third-order valence-corrected chi connectivity index (χ3v) is 5.54. The van der Waals surface area contributed by atoms with E-state index >= 15 is 0 Å². The highest BCUT2D eigenvalue weighted by Crippen LogP contribution is 2.35. The van der Waals surface area contributed by atoms with Crippen LogP contribution in [0.5, 0.6) is 0 Å². The van der Waals surface area contributed by atoms with Crippen molar-refractivity contribution in [2.45, 2.75) is 32.9 Å². The van der Waals surface area contributed by atoms with Gasteiger partial charge in [0.15, 0.2) is 17.3 Å². The molecule has 1 atom stereocenters. The second kappa shape index (κ2) is 10.6. The van der Waals surface area contributed by atoms with E-state index in [9.17, 15) is 5.11 Å². The van der Waals surface area contributed by atoms with E-state index in [0.717, 1.165) is 40.0 Å². The van der Waals surface area contributed by atoms with Crippen LogP contribution in [0.15, 0.2) is 35.1 Å². The fourth-order valence-electron chi connectivity index (χ4n) is 3.88. The van der Waals surface area contributed by atoms with E-state index < -0.39 is 6.10 Å². The molecule has 4 rings (SSSR count). The van der Waals surface area contributed by atoms with Gasteiger partial charge in [-0.25, -0.2) is 9.61 Å². The molecular weight excluding hydrogens is 436 g/mol. The number of rotatable bonds is 11. The lowest BCUT2D eigenvalue weighted by molar-refractivity contribution is 0.0946. The van der Waals surface area contributed by atoms with Gasteiger partial charge < -0.3 is 31.1 Å². The lowest BCUT2D eigenvalue weighted by atomic mass is 10.1. The number of hydrogen-bond acceptors (Lipinski definition) is 10. The van der Waals surface area contributed by atoms with Crippen LogP contribution in [0.2, 0.25) is 0 Å². The Labute approximate surface area is 197 Å². The maximum Gasteiger partial charge on any atom is 0.199 e. The smallest absolute Gasteiger partial charge is 0.199 e. The highest BCUT2D eigenvalue weighted by atomic mass is 16.6. The van der Waals surface area contributed by atoms with Crippen molar-refractivity contribution >= 4 is 22.5 Å². The zero-order valence-corrected chi connectivity index (χ0v) is 19.3. The van der Waals surface area contributed by atoms with Crippen LogP contribution in [-0.4, -0.2) is 67.4 Å². The molecule has 4 aromatic rings. The number of aromatic nitrogens is 5. The molecule has 0 aliphatic carbocycles. The van der Waals surface area contributed by atoms with Gasteiger partial charge >= 0.3 is 0 Å². The first-order valence-corrected chi connectivity index (χ1v) is 11.3. The van der Waals surface area contributed by atoms with Gasteiger partial charge in [0, 0.05) is 25.2 Å². The summed E-state index contributed by atoms with van der Waals surface area (Å²) < 4.78 is 6.87. The number of aryl methyl sites for hydroxylation is 2. The van der Waals surface area contributed by atoms with E-state index in [4.69, 9.17) is 25.4 Å². The molecule has 3 heterocycles. The van der Waals surface area contributed by atoms with E-state index in [1.54, 1.807) is 0 Å². The third-order valence-electron chi connectivity index (χ3n) is 5.54. The maximum atomic E-state index is 9.43. The summed E-state index contributed by atoms with van der Waals surface area (Å²) in [5, 5.41) is 32.6. The number of hydrogen-bond donors (Lipinski definition) is 5. The van der Waals surface area contributed by atoms with Gasteiger partial charge in [0.25, 0.3) is 0 Å². The summed E-state index contributed by atoms with van der Waals surface area (Å²) in [5.41, 5.74) is 11.7. The monoisotopic (exact) mass is 466 g/mol. The Bertz CT molecular complexity index is 1250. The van der Waals surface area contributed by atoms with E-state index in [1.807, 2.05) is 42.8 Å². The topological polar surface area (TPSA) is 160 Å². The van der Waals surface area contributed by atoms with Crippen LogP contribution >= 0.6 is 0 Å². The van der Waals surface area contributed by atoms with Gasteiger partial charge in [-0.2, -0.15) is 0 Å². The molecule has 0 saturated carbocycles. The number of nitrogen functional groups attached to an aromatic ring is 1. The molecule has 11 heteroatoms. The van der Waals surface area contributed by atoms with Crippen LogP contribution in [-0.2, 0) is 6.54 Å². The molecule has 0 radical (unpaired) electrons. The first-order valence-electron chi connectivity index (χ1n) is 11.3. The van der Waals surface area contributed by atoms with Gasteiger partial charge in [0.2, 0.25) is 0 Å². The minimum absolute atomic E-state index is 0.181. The minimum atomic E-state index is -0.748. The Morgan fingerprint density at radius 1 is 1.21 bits per heavy atom. The van der Waals surface area contributed by atoms with Crippen LogP contribution in [0.4, 0.5) is 11.5 Å². The number of fused-ring (bicyclic) bond motifs is 1. The standard InChI is InChI=1S/C23H30N8O3/c1-3-31-21-17(26-9-5-8-25-11-16(33)13-32)12-27-18(15-7-4-6-14(2)10-15)19(21)28-23(31)20-22(24)30-34-29-20/h4,6-7,10,12,16,25-26,32-33H,3,5,8-9,11,13H2,1-2H3,(H2,24,30)/t16-/m0/s1. The summed E-state index contributed by atoms with van der Waals surface area (Å²) in [6, 6.07) is 8.15. The molecule has 0 saturated heterocycles. The van der Waals surface area contributed by atoms with Crippen molar-refractivity contribution in [1.29, 1.82) is 0 Å². The minimum Gasteiger partial charge on any atom is -0.394 e. The first-order chi connectivity index (χ1) is 16.5. The number of aliphatic hydroxyl groups excluding tert-OH is 2. The predicted molar refractivity (Wildman–Crippen MR) is 130 cm³/mol. The number of benzene rings is 1. The molecule has 0 spiro atoms. The number of nitrogens with zero attached hydrogens (tertiary/aromatic N) is 5. The fourth-order valence-corrected chi connectivity index (χ4v) is 3.88. The molecule has 11 nitrogen and oxygen atoms in total. The zero-order chi connectivity index (χ0) is 24.1. The molecule has 0 aliphatic rings.